The minimum absolute atomic E-state index is 0.314. The molecule has 0 bridgehead atoms. The molecule has 1 nitrogen and oxygen atoms in total. The Balaban J connectivity index is 4.04. The SMILES string of the molecule is CC[C@@H](S)CO[Si](C)(C)C(C)(C)C. The van der Waals surface area contributed by atoms with Gasteiger partial charge in [0.05, 0.1) is 0 Å². The molecule has 0 aromatic heterocycles. The van der Waals surface area contributed by atoms with Crippen LogP contribution in [0.4, 0.5) is 0 Å². The molecule has 0 aromatic rings. The van der Waals surface area contributed by atoms with Gasteiger partial charge in [-0.2, -0.15) is 12.6 Å². The van der Waals surface area contributed by atoms with Gasteiger partial charge in [-0.05, 0) is 24.6 Å². The van der Waals surface area contributed by atoms with Crippen LogP contribution in [0.25, 0.3) is 0 Å². The summed E-state index contributed by atoms with van der Waals surface area (Å²) in [6.07, 6.45) is 1.08. The van der Waals surface area contributed by atoms with Crippen LogP contribution in [0.5, 0.6) is 0 Å². The number of thiol groups is 1. The van der Waals surface area contributed by atoms with E-state index in [9.17, 15) is 0 Å². The predicted octanol–water partition coefficient (Wildman–Crippen LogP) is 3.72. The van der Waals surface area contributed by atoms with Gasteiger partial charge < -0.3 is 4.43 Å². The van der Waals surface area contributed by atoms with E-state index in [1.165, 1.54) is 0 Å². The molecule has 0 spiro atoms. The van der Waals surface area contributed by atoms with E-state index in [1.54, 1.807) is 0 Å². The Bertz CT molecular complexity index is 151. The van der Waals surface area contributed by atoms with Gasteiger partial charge in [-0.3, -0.25) is 0 Å². The summed E-state index contributed by atoms with van der Waals surface area (Å²) < 4.78 is 6.01. The molecular weight excluding hydrogens is 196 g/mol. The fourth-order valence-corrected chi connectivity index (χ4v) is 1.90. The second-order valence-electron chi connectivity index (χ2n) is 5.13. The normalized spacial score (nSPS) is 15.9. The average molecular weight is 220 g/mol. The van der Waals surface area contributed by atoms with Crippen LogP contribution < -0.4 is 0 Å². The highest BCUT2D eigenvalue weighted by Gasteiger charge is 2.37. The van der Waals surface area contributed by atoms with Crippen molar-refractivity contribution in [1.29, 1.82) is 0 Å². The largest absolute Gasteiger partial charge is 0.416 e. The molecule has 0 N–H and O–H groups in total. The molecule has 0 saturated carbocycles. The van der Waals surface area contributed by atoms with Crippen LogP contribution in [0.1, 0.15) is 34.1 Å². The van der Waals surface area contributed by atoms with Crippen molar-refractivity contribution in [2.45, 2.75) is 57.5 Å². The first-order chi connectivity index (χ1) is 5.70. The van der Waals surface area contributed by atoms with Crippen LogP contribution >= 0.6 is 12.6 Å². The maximum absolute atomic E-state index is 6.01. The zero-order valence-electron chi connectivity index (χ0n) is 9.85. The van der Waals surface area contributed by atoms with Gasteiger partial charge in [-0.15, -0.1) is 0 Å². The highest BCUT2D eigenvalue weighted by atomic mass is 32.1. The molecule has 0 fully saturated rings. The van der Waals surface area contributed by atoms with Crippen molar-refractivity contribution < 1.29 is 4.43 Å². The molecule has 0 heterocycles. The molecule has 0 saturated heterocycles. The highest BCUT2D eigenvalue weighted by molar-refractivity contribution is 7.81. The monoisotopic (exact) mass is 220 g/mol. The van der Waals surface area contributed by atoms with E-state index in [2.05, 4.69) is 53.4 Å². The van der Waals surface area contributed by atoms with Gasteiger partial charge in [-0.25, -0.2) is 0 Å². The van der Waals surface area contributed by atoms with Crippen molar-refractivity contribution in [2.75, 3.05) is 6.61 Å². The van der Waals surface area contributed by atoms with Gasteiger partial charge in [0.25, 0.3) is 0 Å². The molecule has 0 aliphatic heterocycles. The van der Waals surface area contributed by atoms with Crippen molar-refractivity contribution in [3.05, 3.63) is 0 Å². The zero-order valence-corrected chi connectivity index (χ0v) is 11.7. The summed E-state index contributed by atoms with van der Waals surface area (Å²) in [6, 6.07) is 0. The molecule has 0 rings (SSSR count). The average Bonchev–Trinajstić information content (AvgIpc) is 1.98. The maximum atomic E-state index is 6.01. The van der Waals surface area contributed by atoms with Crippen LogP contribution in [0.2, 0.25) is 18.1 Å². The first-order valence-electron chi connectivity index (χ1n) is 5.02. The van der Waals surface area contributed by atoms with E-state index in [4.69, 9.17) is 4.43 Å². The Morgan fingerprint density at radius 2 is 1.77 bits per heavy atom. The van der Waals surface area contributed by atoms with E-state index in [1.807, 2.05) is 0 Å². The minimum Gasteiger partial charge on any atom is -0.416 e. The van der Waals surface area contributed by atoms with Crippen molar-refractivity contribution in [2.24, 2.45) is 0 Å². The maximum Gasteiger partial charge on any atom is 0.192 e. The molecule has 13 heavy (non-hydrogen) atoms. The Morgan fingerprint density at radius 1 is 1.31 bits per heavy atom. The minimum atomic E-state index is -1.53. The second-order valence-corrected chi connectivity index (χ2v) is 10.7. The lowest BCUT2D eigenvalue weighted by Crippen LogP contribution is -2.42. The summed E-state index contributed by atoms with van der Waals surface area (Å²) >= 11 is 4.43. The Kier molecular flexibility index (Phi) is 5.05. The van der Waals surface area contributed by atoms with E-state index < -0.39 is 8.32 Å². The second kappa shape index (κ2) is 4.85. The quantitative estimate of drug-likeness (QED) is 0.561. The van der Waals surface area contributed by atoms with Gasteiger partial charge in [0.1, 0.15) is 0 Å². The molecule has 0 aromatic carbocycles. The van der Waals surface area contributed by atoms with Gasteiger partial charge >= 0.3 is 0 Å². The number of hydrogen-bond donors (Lipinski definition) is 1. The fraction of sp³-hybridized carbons (Fsp3) is 1.00. The van der Waals surface area contributed by atoms with E-state index in [0.717, 1.165) is 13.0 Å². The number of rotatable bonds is 4. The Labute approximate surface area is 89.8 Å². The van der Waals surface area contributed by atoms with Crippen LogP contribution in [-0.4, -0.2) is 20.2 Å². The lowest BCUT2D eigenvalue weighted by Gasteiger charge is -2.36. The summed E-state index contributed by atoms with van der Waals surface area (Å²) in [6.45, 7) is 14.3. The lowest BCUT2D eigenvalue weighted by molar-refractivity contribution is 0.286. The summed E-state index contributed by atoms with van der Waals surface area (Å²) in [5, 5.41) is 0.711. The Hall–Kier alpha value is 0.527. The van der Waals surface area contributed by atoms with Crippen molar-refractivity contribution in [3.63, 3.8) is 0 Å². The zero-order chi connectivity index (χ0) is 10.7. The van der Waals surface area contributed by atoms with Crippen LogP contribution in [0, 0.1) is 0 Å². The molecule has 1 atom stereocenters. The van der Waals surface area contributed by atoms with Gasteiger partial charge in [-0.1, -0.05) is 27.7 Å². The predicted molar refractivity (Wildman–Crippen MR) is 66.2 cm³/mol. The summed E-state index contributed by atoms with van der Waals surface area (Å²) in [7, 11) is -1.53. The Morgan fingerprint density at radius 3 is 2.08 bits per heavy atom. The summed E-state index contributed by atoms with van der Waals surface area (Å²) in [5.74, 6) is 0. The molecule has 0 radical (unpaired) electrons. The third-order valence-electron chi connectivity index (χ3n) is 2.91. The lowest BCUT2D eigenvalue weighted by atomic mass is 10.2. The smallest absolute Gasteiger partial charge is 0.192 e. The molecule has 0 aliphatic carbocycles. The molecule has 3 heteroatoms. The van der Waals surface area contributed by atoms with E-state index >= 15 is 0 Å². The van der Waals surface area contributed by atoms with Crippen LogP contribution in [-0.2, 0) is 4.43 Å². The molecule has 0 aliphatic rings. The van der Waals surface area contributed by atoms with Crippen LogP contribution in [0.3, 0.4) is 0 Å². The van der Waals surface area contributed by atoms with Crippen LogP contribution in [0.15, 0.2) is 0 Å². The van der Waals surface area contributed by atoms with Gasteiger partial charge in [0, 0.05) is 11.9 Å². The standard InChI is InChI=1S/C10H24OSSi/c1-7-9(12)8-11-13(5,6)10(2,3)4/h9,12H,7-8H2,1-6H3/t9-/m1/s1. The number of hydrogen-bond acceptors (Lipinski definition) is 2. The van der Waals surface area contributed by atoms with Gasteiger partial charge in [0.15, 0.2) is 8.32 Å². The molecule has 80 valence electrons. The summed E-state index contributed by atoms with van der Waals surface area (Å²) in [4.78, 5) is 0. The molecule has 0 unspecified atom stereocenters. The first kappa shape index (κ1) is 13.5. The first-order valence-corrected chi connectivity index (χ1v) is 8.45. The van der Waals surface area contributed by atoms with E-state index in [0.29, 0.717) is 10.3 Å². The fourth-order valence-electron chi connectivity index (χ4n) is 0.639. The van der Waals surface area contributed by atoms with Crippen molar-refractivity contribution >= 4 is 20.9 Å². The van der Waals surface area contributed by atoms with Crippen molar-refractivity contribution in [1.82, 2.24) is 0 Å². The van der Waals surface area contributed by atoms with Gasteiger partial charge in [0.2, 0.25) is 0 Å². The summed E-state index contributed by atoms with van der Waals surface area (Å²) in [5.41, 5.74) is 0. The van der Waals surface area contributed by atoms with Crippen molar-refractivity contribution in [3.8, 4) is 0 Å². The highest BCUT2D eigenvalue weighted by Crippen LogP contribution is 2.36. The molecule has 0 amide bonds. The third kappa shape index (κ3) is 4.52. The molecular formula is C10H24OSSi. The van der Waals surface area contributed by atoms with E-state index in [-0.39, 0.29) is 0 Å². The topological polar surface area (TPSA) is 9.23 Å². The third-order valence-corrected chi connectivity index (χ3v) is 7.93.